The summed E-state index contributed by atoms with van der Waals surface area (Å²) in [4.78, 5) is 16.0. The highest BCUT2D eigenvalue weighted by Gasteiger charge is 2.17. The van der Waals surface area contributed by atoms with Crippen LogP contribution in [0, 0.1) is 10.1 Å². The number of hydrogen-bond acceptors (Lipinski definition) is 3. The van der Waals surface area contributed by atoms with E-state index < -0.39 is 0 Å². The third-order valence-corrected chi connectivity index (χ3v) is 6.95. The second-order valence-corrected chi connectivity index (χ2v) is 9.19. The van der Waals surface area contributed by atoms with Gasteiger partial charge >= 0.3 is 0 Å². The van der Waals surface area contributed by atoms with Gasteiger partial charge in [-0.1, -0.05) is 54.6 Å². The number of para-hydroxylation sites is 1. The number of aromatic nitrogens is 1. The first-order chi connectivity index (χ1) is 17.1. The molecular weight excluding hydrogens is 432 g/mol. The van der Waals surface area contributed by atoms with Crippen LogP contribution in [-0.2, 0) is 25.7 Å². The molecule has 35 heavy (non-hydrogen) atoms. The Balaban J connectivity index is 1.54. The molecule has 4 nitrogen and oxygen atoms in total. The van der Waals surface area contributed by atoms with Crippen LogP contribution in [0.4, 0.5) is 5.69 Å². The molecule has 4 bridgehead atoms. The molecule has 0 spiro atoms. The summed E-state index contributed by atoms with van der Waals surface area (Å²) in [6.07, 6.45) is 3.85. The fourth-order valence-electron chi connectivity index (χ4n) is 4.96. The van der Waals surface area contributed by atoms with Crippen molar-refractivity contribution in [2.45, 2.75) is 25.7 Å². The number of rotatable bonds is 3. The van der Waals surface area contributed by atoms with Gasteiger partial charge in [0.25, 0.3) is 5.69 Å². The minimum absolute atomic E-state index is 0.0897. The van der Waals surface area contributed by atoms with Gasteiger partial charge in [-0.3, -0.25) is 10.1 Å². The number of pyridine rings is 1. The third kappa shape index (κ3) is 4.19. The fourth-order valence-corrected chi connectivity index (χ4v) is 4.96. The Morgan fingerprint density at radius 3 is 2.06 bits per heavy atom. The van der Waals surface area contributed by atoms with Crippen molar-refractivity contribution in [2.75, 3.05) is 0 Å². The molecule has 0 fully saturated rings. The average molecular weight is 457 g/mol. The van der Waals surface area contributed by atoms with Crippen LogP contribution >= 0.6 is 0 Å². The maximum Gasteiger partial charge on any atom is 0.269 e. The molecule has 4 aliphatic carbocycles. The Morgan fingerprint density at radius 2 is 1.31 bits per heavy atom. The van der Waals surface area contributed by atoms with Gasteiger partial charge in [-0.25, -0.2) is 4.98 Å². The largest absolute Gasteiger partial charge is 0.269 e. The molecule has 4 aromatic carbocycles. The summed E-state index contributed by atoms with van der Waals surface area (Å²) in [6, 6.07) is 32.9. The van der Waals surface area contributed by atoms with E-state index in [2.05, 4.69) is 54.6 Å². The van der Waals surface area contributed by atoms with Gasteiger partial charge in [-0.05, 0) is 83.8 Å². The van der Waals surface area contributed by atoms with Crippen molar-refractivity contribution in [3.63, 3.8) is 0 Å². The van der Waals surface area contributed by atoms with E-state index in [4.69, 9.17) is 4.98 Å². The van der Waals surface area contributed by atoms with E-state index in [1.54, 1.807) is 12.1 Å². The van der Waals surface area contributed by atoms with E-state index >= 15 is 0 Å². The van der Waals surface area contributed by atoms with Crippen LogP contribution in [0.3, 0.4) is 0 Å². The lowest BCUT2D eigenvalue weighted by Gasteiger charge is -2.17. The van der Waals surface area contributed by atoms with Crippen LogP contribution in [-0.4, -0.2) is 9.91 Å². The molecule has 1 aromatic heterocycles. The maximum absolute atomic E-state index is 11.2. The summed E-state index contributed by atoms with van der Waals surface area (Å²) >= 11 is 0. The first-order valence-corrected chi connectivity index (χ1v) is 12.0. The van der Waals surface area contributed by atoms with Crippen LogP contribution in [0.2, 0.25) is 0 Å². The van der Waals surface area contributed by atoms with Crippen LogP contribution in [0.15, 0.2) is 97.1 Å². The molecule has 0 atom stereocenters. The van der Waals surface area contributed by atoms with Crippen molar-refractivity contribution in [3.05, 3.63) is 129 Å². The minimum Gasteiger partial charge on any atom is -0.258 e. The molecule has 0 unspecified atom stereocenters. The molecule has 0 N–H and O–H groups in total. The fraction of sp³-hybridized carbons (Fsp3) is 0.129. The van der Waals surface area contributed by atoms with Gasteiger partial charge < -0.3 is 0 Å². The van der Waals surface area contributed by atoms with E-state index in [1.165, 1.54) is 22.3 Å². The molecule has 4 heteroatoms. The van der Waals surface area contributed by atoms with E-state index in [0.717, 1.165) is 59.0 Å². The number of nitrogens with zero attached hydrogens (tertiary/aromatic N) is 2. The molecule has 0 amide bonds. The summed E-state index contributed by atoms with van der Waals surface area (Å²) in [5, 5.41) is 12.3. The monoisotopic (exact) mass is 456 g/mol. The Morgan fingerprint density at radius 1 is 0.657 bits per heavy atom. The molecular formula is C31H24N2O2. The average Bonchev–Trinajstić information content (AvgIpc) is 2.89. The van der Waals surface area contributed by atoms with Crippen molar-refractivity contribution < 1.29 is 4.92 Å². The molecule has 4 aliphatic rings. The van der Waals surface area contributed by atoms with E-state index in [9.17, 15) is 10.1 Å². The Bertz CT molecular complexity index is 1550. The second-order valence-electron chi connectivity index (χ2n) is 9.19. The van der Waals surface area contributed by atoms with E-state index in [-0.39, 0.29) is 10.6 Å². The highest BCUT2D eigenvalue weighted by Crippen LogP contribution is 2.37. The van der Waals surface area contributed by atoms with Crippen molar-refractivity contribution in [2.24, 2.45) is 0 Å². The first kappa shape index (κ1) is 21.2. The summed E-state index contributed by atoms with van der Waals surface area (Å²) in [7, 11) is 0. The lowest BCUT2D eigenvalue weighted by atomic mass is 9.89. The number of nitro groups is 1. The Kier molecular flexibility index (Phi) is 5.34. The lowest BCUT2D eigenvalue weighted by Crippen LogP contribution is -2.02. The molecule has 1 heterocycles. The van der Waals surface area contributed by atoms with Crippen LogP contribution in [0.1, 0.15) is 22.3 Å². The number of non-ortho nitro benzene ring substituents is 1. The highest BCUT2D eigenvalue weighted by atomic mass is 16.6. The Labute approximate surface area is 204 Å². The molecule has 0 aliphatic heterocycles. The van der Waals surface area contributed by atoms with E-state index in [1.807, 2.05) is 30.3 Å². The molecule has 0 saturated heterocycles. The predicted molar refractivity (Wildman–Crippen MR) is 141 cm³/mol. The zero-order chi connectivity index (χ0) is 23.8. The minimum atomic E-state index is -0.360. The van der Waals surface area contributed by atoms with Crippen molar-refractivity contribution >= 4 is 16.6 Å². The van der Waals surface area contributed by atoms with Gasteiger partial charge in [0, 0.05) is 28.6 Å². The summed E-state index contributed by atoms with van der Waals surface area (Å²) < 4.78 is 0. The maximum atomic E-state index is 11.2. The number of hydrogen-bond donors (Lipinski definition) is 0. The Hall–Kier alpha value is -4.31. The van der Waals surface area contributed by atoms with Gasteiger partial charge in [-0.2, -0.15) is 0 Å². The zero-order valence-electron chi connectivity index (χ0n) is 19.3. The standard InChI is InChI=1S/C31H24N2O2/c34-33(35)27-17-15-25(16-18-27)29-20-26-3-1-2-4-30(26)32-31(29)28-19-23-10-9-21-5-7-22(8-6-21)11-13-24(28)14-12-23/h1-8,12,14-20H,9-11,13H2. The number of nitro benzene ring substituents is 1. The number of aryl methyl sites for hydroxylation is 4. The van der Waals surface area contributed by atoms with Crippen molar-refractivity contribution in [1.82, 2.24) is 4.98 Å². The molecule has 5 aromatic rings. The zero-order valence-corrected chi connectivity index (χ0v) is 19.3. The molecule has 0 radical (unpaired) electrons. The molecule has 170 valence electrons. The predicted octanol–water partition coefficient (Wildman–Crippen LogP) is 7.36. The molecule has 0 saturated carbocycles. The van der Waals surface area contributed by atoms with E-state index in [0.29, 0.717) is 0 Å². The SMILES string of the molecule is O=[N+]([O-])c1ccc(-c2cc3ccccc3nc2-c2cc3ccc2CCc2ccc(cc2)CC3)cc1. The highest BCUT2D eigenvalue weighted by molar-refractivity contribution is 5.92. The van der Waals surface area contributed by atoms with Gasteiger partial charge in [0.2, 0.25) is 0 Å². The lowest BCUT2D eigenvalue weighted by molar-refractivity contribution is -0.384. The quantitative estimate of drug-likeness (QED) is 0.210. The third-order valence-electron chi connectivity index (χ3n) is 6.95. The summed E-state index contributed by atoms with van der Waals surface area (Å²) in [6.45, 7) is 0. The second kappa shape index (κ2) is 8.80. The smallest absolute Gasteiger partial charge is 0.258 e. The van der Waals surface area contributed by atoms with Gasteiger partial charge in [0.1, 0.15) is 0 Å². The van der Waals surface area contributed by atoms with Gasteiger partial charge in [-0.15, -0.1) is 0 Å². The number of benzene rings is 4. The van der Waals surface area contributed by atoms with Crippen LogP contribution in [0.25, 0.3) is 33.3 Å². The first-order valence-electron chi connectivity index (χ1n) is 12.0. The van der Waals surface area contributed by atoms with Crippen molar-refractivity contribution in [1.29, 1.82) is 0 Å². The topological polar surface area (TPSA) is 56.0 Å². The summed E-state index contributed by atoms with van der Waals surface area (Å²) in [5.74, 6) is 0. The normalized spacial score (nSPS) is 12.9. The van der Waals surface area contributed by atoms with Gasteiger partial charge in [0.15, 0.2) is 0 Å². The number of fused-ring (bicyclic) bond motifs is 1. The van der Waals surface area contributed by atoms with Crippen LogP contribution < -0.4 is 0 Å². The van der Waals surface area contributed by atoms with Crippen LogP contribution in [0.5, 0.6) is 0 Å². The molecule has 9 rings (SSSR count). The van der Waals surface area contributed by atoms with Gasteiger partial charge in [0.05, 0.1) is 16.1 Å². The van der Waals surface area contributed by atoms with Crippen molar-refractivity contribution in [3.8, 4) is 22.4 Å². The summed E-state index contributed by atoms with van der Waals surface area (Å²) in [5.41, 5.74) is 10.3.